The zero-order valence-corrected chi connectivity index (χ0v) is 19.2. The van der Waals surface area contributed by atoms with Gasteiger partial charge in [-0.05, 0) is 38.3 Å². The number of imidazole rings is 1. The second-order valence-electron chi connectivity index (χ2n) is 7.96. The first-order valence-corrected chi connectivity index (χ1v) is 12.0. The number of nitrogens with one attached hydrogen (secondary N) is 2. The number of carbonyl (C=O) groups is 1. The molecule has 0 radical (unpaired) electrons. The van der Waals surface area contributed by atoms with Gasteiger partial charge in [0.2, 0.25) is 5.95 Å². The topological polar surface area (TPSA) is 125 Å². The van der Waals surface area contributed by atoms with E-state index in [0.717, 1.165) is 51.0 Å². The van der Waals surface area contributed by atoms with Crippen molar-refractivity contribution in [2.75, 3.05) is 31.5 Å². The summed E-state index contributed by atoms with van der Waals surface area (Å²) in [6.45, 7) is 3.71. The average Bonchev–Trinajstić information content (AvgIpc) is 3.52. The molecule has 1 aliphatic rings. The fourth-order valence-electron chi connectivity index (χ4n) is 3.86. The van der Waals surface area contributed by atoms with Crippen LogP contribution in [0.3, 0.4) is 0 Å². The number of aryl methyl sites for hydroxylation is 1. The van der Waals surface area contributed by atoms with Crippen molar-refractivity contribution in [1.29, 1.82) is 5.26 Å². The maximum Gasteiger partial charge on any atom is 0.270 e. The summed E-state index contributed by atoms with van der Waals surface area (Å²) >= 11 is 1.35. The number of hydrogen-bond donors (Lipinski definition) is 2. The molecule has 10 nitrogen and oxygen atoms in total. The van der Waals surface area contributed by atoms with E-state index in [4.69, 9.17) is 5.26 Å². The normalized spacial score (nSPS) is 16.3. The Labute approximate surface area is 196 Å². The lowest BCUT2D eigenvalue weighted by Crippen LogP contribution is -2.34. The van der Waals surface area contributed by atoms with E-state index in [1.54, 1.807) is 24.1 Å². The quantitative estimate of drug-likeness (QED) is 0.346. The average molecular weight is 466 g/mol. The van der Waals surface area contributed by atoms with E-state index in [1.165, 1.54) is 11.3 Å². The predicted octanol–water partition coefficient (Wildman–Crippen LogP) is 2.79. The third-order valence-corrected chi connectivity index (χ3v) is 6.30. The Morgan fingerprint density at radius 2 is 2.24 bits per heavy atom. The van der Waals surface area contributed by atoms with Gasteiger partial charge in [0.1, 0.15) is 5.69 Å². The molecule has 1 aliphatic heterocycles. The van der Waals surface area contributed by atoms with E-state index < -0.39 is 0 Å². The highest BCUT2D eigenvalue weighted by Gasteiger charge is 2.22. The monoisotopic (exact) mass is 465 g/mol. The lowest BCUT2D eigenvalue weighted by molar-refractivity contribution is 0.0948. The van der Waals surface area contributed by atoms with Crippen LogP contribution >= 0.6 is 11.3 Å². The van der Waals surface area contributed by atoms with Gasteiger partial charge in [-0.1, -0.05) is 0 Å². The first-order valence-electron chi connectivity index (χ1n) is 11.1. The number of aromatic nitrogens is 5. The number of anilines is 2. The van der Waals surface area contributed by atoms with Crippen LogP contribution in [0.5, 0.6) is 0 Å². The third-order valence-electron chi connectivity index (χ3n) is 5.54. The number of likely N-dealkylation sites (tertiary alicyclic amines) is 1. The zero-order valence-electron chi connectivity index (χ0n) is 18.4. The third kappa shape index (κ3) is 6.57. The second-order valence-corrected chi connectivity index (χ2v) is 8.82. The number of carbonyl (C=O) groups excluding carboxylic acids is 1. The van der Waals surface area contributed by atoms with Gasteiger partial charge in [-0.15, -0.1) is 11.3 Å². The molecule has 0 bridgehead atoms. The molecule has 11 heteroatoms. The highest BCUT2D eigenvalue weighted by atomic mass is 32.1. The van der Waals surface area contributed by atoms with Crippen molar-refractivity contribution in [2.24, 2.45) is 0 Å². The van der Waals surface area contributed by atoms with Crippen LogP contribution in [-0.2, 0) is 6.54 Å². The lowest BCUT2D eigenvalue weighted by atomic mass is 9.94. The van der Waals surface area contributed by atoms with E-state index in [2.05, 4.69) is 41.5 Å². The van der Waals surface area contributed by atoms with Crippen molar-refractivity contribution >= 4 is 28.3 Å². The van der Waals surface area contributed by atoms with Gasteiger partial charge in [0.05, 0.1) is 24.6 Å². The maximum absolute atomic E-state index is 12.4. The van der Waals surface area contributed by atoms with Crippen LogP contribution in [0.1, 0.15) is 47.8 Å². The number of hydrogen-bond acceptors (Lipinski definition) is 9. The zero-order chi connectivity index (χ0) is 22.9. The summed E-state index contributed by atoms with van der Waals surface area (Å²) in [6.07, 6.45) is 11.2. The van der Waals surface area contributed by atoms with Crippen molar-refractivity contribution in [2.45, 2.75) is 38.1 Å². The first-order chi connectivity index (χ1) is 16.2. The second kappa shape index (κ2) is 11.5. The van der Waals surface area contributed by atoms with Gasteiger partial charge in [-0.25, -0.2) is 19.9 Å². The van der Waals surface area contributed by atoms with Crippen LogP contribution in [0.25, 0.3) is 0 Å². The minimum absolute atomic E-state index is 0.184. The number of amides is 1. The summed E-state index contributed by atoms with van der Waals surface area (Å²) in [5.74, 6) is 0.559. The number of piperidine rings is 1. The summed E-state index contributed by atoms with van der Waals surface area (Å²) in [4.78, 5) is 31.9. The van der Waals surface area contributed by atoms with Crippen LogP contribution in [0.4, 0.5) is 11.1 Å². The maximum atomic E-state index is 12.4. The predicted molar refractivity (Wildman–Crippen MR) is 125 cm³/mol. The van der Waals surface area contributed by atoms with Crippen molar-refractivity contribution < 1.29 is 4.79 Å². The fraction of sp³-hybridized carbons (Fsp3) is 0.455. The molecule has 3 aromatic rings. The SMILES string of the molecule is N#CCN1CCCC(c2ccnc(Nc3nc(C(=O)NCCCCn4ccnc4)cs3)n2)C1. The van der Waals surface area contributed by atoms with Gasteiger partial charge in [-0.3, -0.25) is 9.69 Å². The Bertz CT molecular complexity index is 1080. The highest BCUT2D eigenvalue weighted by molar-refractivity contribution is 7.14. The lowest BCUT2D eigenvalue weighted by Gasteiger charge is -2.30. The molecule has 2 N–H and O–H groups in total. The summed E-state index contributed by atoms with van der Waals surface area (Å²) in [7, 11) is 0. The molecule has 1 atom stereocenters. The molecular weight excluding hydrogens is 438 g/mol. The summed E-state index contributed by atoms with van der Waals surface area (Å²) < 4.78 is 2.02. The summed E-state index contributed by atoms with van der Waals surface area (Å²) in [5.41, 5.74) is 1.34. The summed E-state index contributed by atoms with van der Waals surface area (Å²) in [6, 6.07) is 4.16. The molecule has 1 fully saturated rings. The van der Waals surface area contributed by atoms with E-state index in [9.17, 15) is 4.79 Å². The van der Waals surface area contributed by atoms with Crippen LogP contribution < -0.4 is 10.6 Å². The van der Waals surface area contributed by atoms with Crippen LogP contribution in [0, 0.1) is 11.3 Å². The minimum Gasteiger partial charge on any atom is -0.351 e. The number of unbranched alkanes of at least 4 members (excludes halogenated alkanes) is 1. The largest absolute Gasteiger partial charge is 0.351 e. The molecule has 0 spiro atoms. The van der Waals surface area contributed by atoms with E-state index in [-0.39, 0.29) is 11.8 Å². The molecule has 33 heavy (non-hydrogen) atoms. The molecule has 0 aliphatic carbocycles. The number of thiazole rings is 1. The fourth-order valence-corrected chi connectivity index (χ4v) is 4.55. The molecular formula is C22H27N9OS. The molecule has 172 valence electrons. The molecule has 4 rings (SSSR count). The Kier molecular flexibility index (Phi) is 7.94. The molecule has 0 aromatic carbocycles. The molecule has 1 saturated heterocycles. The van der Waals surface area contributed by atoms with Crippen molar-refractivity contribution in [1.82, 2.24) is 34.7 Å². The van der Waals surface area contributed by atoms with Crippen molar-refractivity contribution in [3.63, 3.8) is 0 Å². The molecule has 1 amide bonds. The van der Waals surface area contributed by atoms with Crippen molar-refractivity contribution in [3.8, 4) is 6.07 Å². The van der Waals surface area contributed by atoms with Gasteiger partial charge in [-0.2, -0.15) is 5.26 Å². The van der Waals surface area contributed by atoms with Crippen LogP contribution in [0.15, 0.2) is 36.4 Å². The number of nitrogens with zero attached hydrogens (tertiary/aromatic N) is 7. The molecule has 0 saturated carbocycles. The molecule has 1 unspecified atom stereocenters. The van der Waals surface area contributed by atoms with E-state index in [1.807, 2.05) is 16.8 Å². The summed E-state index contributed by atoms with van der Waals surface area (Å²) in [5, 5.41) is 17.3. The number of rotatable bonds is 10. The Balaban J connectivity index is 1.26. The van der Waals surface area contributed by atoms with Crippen molar-refractivity contribution in [3.05, 3.63) is 47.8 Å². The van der Waals surface area contributed by atoms with Gasteiger partial charge >= 0.3 is 0 Å². The molecule has 3 aromatic heterocycles. The van der Waals surface area contributed by atoms with Gasteiger partial charge in [0.25, 0.3) is 5.91 Å². The van der Waals surface area contributed by atoms with Crippen LogP contribution in [0.2, 0.25) is 0 Å². The van der Waals surface area contributed by atoms with E-state index >= 15 is 0 Å². The molecule has 4 heterocycles. The van der Waals surface area contributed by atoms with Gasteiger partial charge in [0.15, 0.2) is 5.13 Å². The highest BCUT2D eigenvalue weighted by Crippen LogP contribution is 2.26. The standard InChI is InChI=1S/C22H27N9OS/c23-6-12-30-11-3-4-17(14-30)18-5-8-26-21(27-18)29-22-28-19(15-33-22)20(32)25-7-1-2-10-31-13-9-24-16-31/h5,8-9,13,15-17H,1-4,7,10-12,14H2,(H,25,32)(H,26,27,28,29). The Morgan fingerprint density at radius 3 is 3.09 bits per heavy atom. The Morgan fingerprint density at radius 1 is 1.30 bits per heavy atom. The van der Waals surface area contributed by atoms with Gasteiger partial charge < -0.3 is 15.2 Å². The number of nitriles is 1. The smallest absolute Gasteiger partial charge is 0.270 e. The Hall–Kier alpha value is -3.36. The van der Waals surface area contributed by atoms with Crippen LogP contribution in [-0.4, -0.2) is 61.5 Å². The minimum atomic E-state index is -0.184. The van der Waals surface area contributed by atoms with E-state index in [0.29, 0.717) is 29.9 Å². The first kappa shape index (κ1) is 22.8. The van der Waals surface area contributed by atoms with Gasteiger partial charge in [0, 0.05) is 49.5 Å².